The van der Waals surface area contributed by atoms with Crippen molar-refractivity contribution in [3.05, 3.63) is 99.6 Å². The summed E-state index contributed by atoms with van der Waals surface area (Å²) in [5.74, 6) is 1.17. The van der Waals surface area contributed by atoms with E-state index in [1.165, 1.54) is 0 Å². The molecule has 4 aromatic rings. The van der Waals surface area contributed by atoms with Crippen molar-refractivity contribution in [3.63, 3.8) is 0 Å². The average molecular weight is 504 g/mol. The molecule has 0 bridgehead atoms. The van der Waals surface area contributed by atoms with Gasteiger partial charge in [0.25, 0.3) is 11.5 Å². The van der Waals surface area contributed by atoms with E-state index in [4.69, 9.17) is 21.3 Å². The molecule has 0 radical (unpaired) electrons. The number of amides is 1. The van der Waals surface area contributed by atoms with Crippen molar-refractivity contribution in [1.29, 1.82) is 0 Å². The van der Waals surface area contributed by atoms with E-state index in [1.807, 2.05) is 70.2 Å². The molecule has 7 heteroatoms. The van der Waals surface area contributed by atoms with Gasteiger partial charge in [-0.1, -0.05) is 49.7 Å². The number of carbonyl (C=O) groups excluding carboxylic acids is 1. The van der Waals surface area contributed by atoms with Gasteiger partial charge < -0.3 is 9.64 Å². The van der Waals surface area contributed by atoms with Gasteiger partial charge in [-0.3, -0.25) is 14.2 Å². The molecule has 0 saturated heterocycles. The van der Waals surface area contributed by atoms with Crippen LogP contribution in [-0.2, 0) is 0 Å². The fourth-order valence-electron chi connectivity index (χ4n) is 4.28. The van der Waals surface area contributed by atoms with E-state index in [2.05, 4.69) is 0 Å². The van der Waals surface area contributed by atoms with Crippen LogP contribution in [0.1, 0.15) is 49.9 Å². The molecule has 3 aromatic carbocycles. The fourth-order valence-corrected chi connectivity index (χ4v) is 4.49. The summed E-state index contributed by atoms with van der Waals surface area (Å²) >= 11 is 6.39. The van der Waals surface area contributed by atoms with E-state index in [0.29, 0.717) is 51.9 Å². The minimum atomic E-state index is -0.514. The zero-order chi connectivity index (χ0) is 25.8. The first-order valence-electron chi connectivity index (χ1n) is 12.1. The highest BCUT2D eigenvalue weighted by atomic mass is 35.5. The summed E-state index contributed by atoms with van der Waals surface area (Å²) in [6.07, 6.45) is 0. The van der Waals surface area contributed by atoms with Crippen LogP contribution in [0, 0.1) is 5.92 Å². The quantitative estimate of drug-likeness (QED) is 0.283. The van der Waals surface area contributed by atoms with Gasteiger partial charge in [-0.15, -0.1) is 0 Å². The topological polar surface area (TPSA) is 64.4 Å². The molecule has 1 unspecified atom stereocenters. The third-order valence-electron chi connectivity index (χ3n) is 5.98. The van der Waals surface area contributed by atoms with E-state index in [0.717, 1.165) is 0 Å². The van der Waals surface area contributed by atoms with E-state index >= 15 is 0 Å². The average Bonchev–Trinajstić information content (AvgIpc) is 2.87. The first-order chi connectivity index (χ1) is 17.3. The Morgan fingerprint density at radius 1 is 1.00 bits per heavy atom. The third kappa shape index (κ3) is 5.14. The van der Waals surface area contributed by atoms with Crippen LogP contribution in [0.15, 0.2) is 77.6 Å². The Hall–Kier alpha value is -3.64. The third-order valence-corrected chi connectivity index (χ3v) is 6.31. The number of hydrogen-bond acceptors (Lipinski definition) is 4. The number of carbonyl (C=O) groups is 1. The number of hydrogen-bond donors (Lipinski definition) is 0. The van der Waals surface area contributed by atoms with E-state index in [9.17, 15) is 9.59 Å². The van der Waals surface area contributed by atoms with Crippen LogP contribution in [0.3, 0.4) is 0 Å². The van der Waals surface area contributed by atoms with Crippen LogP contribution in [0.4, 0.5) is 0 Å². The van der Waals surface area contributed by atoms with Crippen LogP contribution in [0.2, 0.25) is 5.02 Å². The zero-order valence-electron chi connectivity index (χ0n) is 20.9. The Morgan fingerprint density at radius 2 is 1.67 bits per heavy atom. The highest BCUT2D eigenvalue weighted by Crippen LogP contribution is 2.28. The number of rotatable bonds is 8. The van der Waals surface area contributed by atoms with Gasteiger partial charge in [0.05, 0.1) is 39.8 Å². The Bertz CT molecular complexity index is 1430. The van der Waals surface area contributed by atoms with Gasteiger partial charge in [0.15, 0.2) is 0 Å². The zero-order valence-corrected chi connectivity index (χ0v) is 21.7. The second-order valence-electron chi connectivity index (χ2n) is 9.06. The van der Waals surface area contributed by atoms with E-state index in [-0.39, 0.29) is 17.4 Å². The number of nitrogens with zero attached hydrogens (tertiary/aromatic N) is 3. The molecule has 36 heavy (non-hydrogen) atoms. The minimum absolute atomic E-state index is 0.185. The number of ether oxygens (including phenoxy) is 1. The minimum Gasteiger partial charge on any atom is -0.494 e. The van der Waals surface area contributed by atoms with Crippen molar-refractivity contribution in [2.75, 3.05) is 13.2 Å². The van der Waals surface area contributed by atoms with Gasteiger partial charge in [-0.25, -0.2) is 4.98 Å². The SMILES string of the molecule is CCOc1ccc(-n2c(C(C)N(CC(C)C)C(=O)c3ccccc3Cl)nc3ccccc3c2=O)cc1. The molecule has 0 aliphatic carbocycles. The first-order valence-corrected chi connectivity index (χ1v) is 12.5. The maximum absolute atomic E-state index is 13.8. The van der Waals surface area contributed by atoms with Crippen molar-refractivity contribution in [1.82, 2.24) is 14.5 Å². The molecule has 0 saturated carbocycles. The molecule has 0 N–H and O–H groups in total. The van der Waals surface area contributed by atoms with Crippen molar-refractivity contribution in [3.8, 4) is 11.4 Å². The maximum Gasteiger partial charge on any atom is 0.266 e. The van der Waals surface area contributed by atoms with Crippen LogP contribution in [-0.4, -0.2) is 33.5 Å². The normalized spacial score (nSPS) is 12.1. The summed E-state index contributed by atoms with van der Waals surface area (Å²) in [6.45, 7) is 8.94. The molecule has 0 aliphatic heterocycles. The fraction of sp³-hybridized carbons (Fsp3) is 0.276. The van der Waals surface area contributed by atoms with Crippen LogP contribution < -0.4 is 10.3 Å². The predicted octanol–water partition coefficient (Wildman–Crippen LogP) is 6.30. The first kappa shape index (κ1) is 25.5. The smallest absolute Gasteiger partial charge is 0.266 e. The van der Waals surface area contributed by atoms with Gasteiger partial charge in [0, 0.05) is 6.54 Å². The lowest BCUT2D eigenvalue weighted by molar-refractivity contribution is 0.0655. The number of halogens is 1. The second kappa shape index (κ2) is 11.0. The Morgan fingerprint density at radius 3 is 2.33 bits per heavy atom. The Labute approximate surface area is 216 Å². The van der Waals surface area contributed by atoms with Crippen molar-refractivity contribution in [2.24, 2.45) is 5.92 Å². The Kier molecular flexibility index (Phi) is 7.75. The molecular weight excluding hydrogens is 474 g/mol. The molecule has 1 heterocycles. The van der Waals surface area contributed by atoms with Crippen LogP contribution in [0.5, 0.6) is 5.75 Å². The number of benzene rings is 3. The van der Waals surface area contributed by atoms with E-state index in [1.54, 1.807) is 39.8 Å². The lowest BCUT2D eigenvalue weighted by Gasteiger charge is -2.32. The summed E-state index contributed by atoms with van der Waals surface area (Å²) in [5, 5.41) is 0.897. The lowest BCUT2D eigenvalue weighted by Crippen LogP contribution is -2.39. The molecule has 6 nitrogen and oxygen atoms in total. The second-order valence-corrected chi connectivity index (χ2v) is 9.47. The molecule has 0 fully saturated rings. The molecule has 186 valence electrons. The van der Waals surface area contributed by atoms with Gasteiger partial charge in [0.2, 0.25) is 0 Å². The highest BCUT2D eigenvalue weighted by Gasteiger charge is 2.29. The van der Waals surface area contributed by atoms with Gasteiger partial charge >= 0.3 is 0 Å². The number of fused-ring (bicyclic) bond motifs is 1. The van der Waals surface area contributed by atoms with Gasteiger partial charge in [-0.2, -0.15) is 0 Å². The molecule has 0 spiro atoms. The number of aromatic nitrogens is 2. The maximum atomic E-state index is 13.8. The number of para-hydroxylation sites is 1. The largest absolute Gasteiger partial charge is 0.494 e. The Balaban J connectivity index is 1.90. The molecule has 1 atom stereocenters. The summed E-state index contributed by atoms with van der Waals surface area (Å²) in [4.78, 5) is 34.2. The summed E-state index contributed by atoms with van der Waals surface area (Å²) in [6, 6.07) is 21.1. The van der Waals surface area contributed by atoms with Crippen molar-refractivity contribution < 1.29 is 9.53 Å². The lowest BCUT2D eigenvalue weighted by atomic mass is 10.1. The van der Waals surface area contributed by atoms with Crippen molar-refractivity contribution >= 4 is 28.4 Å². The summed E-state index contributed by atoms with van der Waals surface area (Å²) in [7, 11) is 0. The van der Waals surface area contributed by atoms with E-state index < -0.39 is 6.04 Å². The molecule has 0 aliphatic rings. The molecular formula is C29H30ClN3O3. The van der Waals surface area contributed by atoms with Gasteiger partial charge in [-0.05, 0) is 68.3 Å². The standard InChI is InChI=1S/C29H30ClN3O3/c1-5-36-22-16-14-21(15-17-22)33-27(31-26-13-9-7-11-24(26)29(33)35)20(4)32(18-19(2)3)28(34)23-10-6-8-12-25(23)30/h6-17,19-20H,5,18H2,1-4H3. The van der Waals surface area contributed by atoms with Gasteiger partial charge in [0.1, 0.15) is 11.6 Å². The predicted molar refractivity (Wildman–Crippen MR) is 144 cm³/mol. The van der Waals surface area contributed by atoms with Crippen LogP contribution in [0.25, 0.3) is 16.6 Å². The summed E-state index contributed by atoms with van der Waals surface area (Å²) in [5.41, 5.74) is 1.46. The summed E-state index contributed by atoms with van der Waals surface area (Å²) < 4.78 is 7.17. The van der Waals surface area contributed by atoms with Crippen LogP contribution >= 0.6 is 11.6 Å². The molecule has 4 rings (SSSR count). The molecule has 1 amide bonds. The highest BCUT2D eigenvalue weighted by molar-refractivity contribution is 6.33. The molecule has 1 aromatic heterocycles. The monoisotopic (exact) mass is 503 g/mol. The van der Waals surface area contributed by atoms with Crippen molar-refractivity contribution in [2.45, 2.75) is 33.7 Å².